The molecule has 3 N–H and O–H groups in total. The number of nitrogens with one attached hydrogen (secondary N) is 2. The number of carbonyl (C=O) groups is 1. The smallest absolute Gasteiger partial charge is 0.292 e. The number of amides is 1. The van der Waals surface area contributed by atoms with Crippen LogP contribution in [0.1, 0.15) is 25.7 Å². The van der Waals surface area contributed by atoms with Gasteiger partial charge in [-0.1, -0.05) is 12.1 Å². The number of rotatable bonds is 6. The summed E-state index contributed by atoms with van der Waals surface area (Å²) in [6.07, 6.45) is 2.71. The van der Waals surface area contributed by atoms with E-state index in [9.17, 15) is 20.0 Å². The fourth-order valence-corrected chi connectivity index (χ4v) is 2.51. The number of hydrogen-bond acceptors (Lipinski definition) is 5. The largest absolute Gasteiger partial charge is 0.380 e. The van der Waals surface area contributed by atoms with Crippen molar-refractivity contribution in [1.29, 1.82) is 0 Å². The number of nitro benzene ring substituents is 1. The van der Waals surface area contributed by atoms with Crippen molar-refractivity contribution in [3.05, 3.63) is 34.4 Å². The summed E-state index contributed by atoms with van der Waals surface area (Å²) in [6, 6.07) is 6.34. The average molecular weight is 293 g/mol. The van der Waals surface area contributed by atoms with Crippen molar-refractivity contribution >= 4 is 17.3 Å². The number of benzene rings is 1. The number of carbonyl (C=O) groups excluding carboxylic acids is 1. The number of nitro groups is 1. The van der Waals surface area contributed by atoms with Gasteiger partial charge >= 0.3 is 0 Å². The normalized spacial score (nSPS) is 16.4. The van der Waals surface area contributed by atoms with Crippen LogP contribution in [0.3, 0.4) is 0 Å². The van der Waals surface area contributed by atoms with Gasteiger partial charge in [0, 0.05) is 19.2 Å². The fraction of sp³-hybridized carbons (Fsp3) is 0.500. The molecule has 0 heterocycles. The molecule has 0 aromatic heterocycles. The molecule has 7 nitrogen and oxygen atoms in total. The molecule has 1 aliphatic rings. The van der Waals surface area contributed by atoms with Crippen LogP contribution in [0, 0.1) is 10.1 Å². The summed E-state index contributed by atoms with van der Waals surface area (Å²) in [7, 11) is 0. The highest BCUT2D eigenvalue weighted by Crippen LogP contribution is 2.29. The molecular weight excluding hydrogens is 274 g/mol. The zero-order valence-corrected chi connectivity index (χ0v) is 11.7. The maximum absolute atomic E-state index is 11.9. The van der Waals surface area contributed by atoms with Crippen LogP contribution in [0.15, 0.2) is 24.3 Å². The summed E-state index contributed by atoms with van der Waals surface area (Å²) < 4.78 is 0. The van der Waals surface area contributed by atoms with Gasteiger partial charge in [-0.05, 0) is 31.7 Å². The van der Waals surface area contributed by atoms with E-state index in [1.165, 1.54) is 6.07 Å². The summed E-state index contributed by atoms with van der Waals surface area (Å²) in [6.45, 7) is 0.653. The van der Waals surface area contributed by atoms with Crippen molar-refractivity contribution in [3.63, 3.8) is 0 Å². The van der Waals surface area contributed by atoms with Gasteiger partial charge in [0.1, 0.15) is 11.3 Å². The minimum atomic E-state index is -1.24. The van der Waals surface area contributed by atoms with E-state index in [0.29, 0.717) is 31.6 Å². The van der Waals surface area contributed by atoms with Crippen molar-refractivity contribution in [2.45, 2.75) is 31.3 Å². The van der Waals surface area contributed by atoms with E-state index in [2.05, 4.69) is 10.6 Å². The van der Waals surface area contributed by atoms with Gasteiger partial charge in [0.25, 0.3) is 11.6 Å². The lowest BCUT2D eigenvalue weighted by molar-refractivity contribution is -0.384. The molecule has 0 unspecified atom stereocenters. The predicted octanol–water partition coefficient (Wildman–Crippen LogP) is 1.43. The molecular formula is C14H19N3O4. The van der Waals surface area contributed by atoms with Gasteiger partial charge < -0.3 is 15.7 Å². The Morgan fingerprint density at radius 1 is 1.29 bits per heavy atom. The molecule has 0 bridgehead atoms. The topological polar surface area (TPSA) is 104 Å². The first kappa shape index (κ1) is 15.2. The minimum Gasteiger partial charge on any atom is -0.380 e. The monoisotopic (exact) mass is 293 g/mol. The molecule has 21 heavy (non-hydrogen) atoms. The second kappa shape index (κ2) is 6.53. The first-order valence-corrected chi connectivity index (χ1v) is 7.01. The van der Waals surface area contributed by atoms with Crippen LogP contribution in [0.4, 0.5) is 11.4 Å². The molecule has 1 fully saturated rings. The Labute approximate surface area is 122 Å². The standard InChI is InChI=1S/C14H19N3O4/c18-13(14(19)7-3-4-8-14)16-10-9-15-11-5-1-2-6-12(11)17(20)21/h1-2,5-6,15,19H,3-4,7-10H2,(H,16,18). The Bertz CT molecular complexity index is 527. The van der Waals surface area contributed by atoms with Crippen LogP contribution in [-0.4, -0.2) is 34.6 Å². The highest BCUT2D eigenvalue weighted by molar-refractivity contribution is 5.85. The Morgan fingerprint density at radius 2 is 1.95 bits per heavy atom. The highest BCUT2D eigenvalue weighted by atomic mass is 16.6. The first-order chi connectivity index (χ1) is 10.0. The lowest BCUT2D eigenvalue weighted by Gasteiger charge is -2.21. The summed E-state index contributed by atoms with van der Waals surface area (Å²) in [5.41, 5.74) is -0.826. The maximum atomic E-state index is 11.9. The van der Waals surface area contributed by atoms with E-state index >= 15 is 0 Å². The maximum Gasteiger partial charge on any atom is 0.292 e. The molecule has 7 heteroatoms. The molecule has 0 aliphatic heterocycles. The first-order valence-electron chi connectivity index (χ1n) is 7.01. The van der Waals surface area contributed by atoms with Crippen LogP contribution < -0.4 is 10.6 Å². The van der Waals surface area contributed by atoms with Gasteiger partial charge in [-0.25, -0.2) is 0 Å². The summed E-state index contributed by atoms with van der Waals surface area (Å²) >= 11 is 0. The summed E-state index contributed by atoms with van der Waals surface area (Å²) in [5, 5.41) is 26.5. The zero-order valence-electron chi connectivity index (χ0n) is 11.7. The summed E-state index contributed by atoms with van der Waals surface area (Å²) in [4.78, 5) is 22.2. The quantitative estimate of drug-likeness (QED) is 0.418. The zero-order chi connectivity index (χ0) is 15.3. The molecule has 1 aliphatic carbocycles. The van der Waals surface area contributed by atoms with E-state index in [1.54, 1.807) is 18.2 Å². The van der Waals surface area contributed by atoms with Crippen LogP contribution in [0.2, 0.25) is 0 Å². The van der Waals surface area contributed by atoms with Crippen LogP contribution >= 0.6 is 0 Å². The average Bonchev–Trinajstić information content (AvgIpc) is 2.92. The van der Waals surface area contributed by atoms with E-state index in [4.69, 9.17) is 0 Å². The molecule has 0 atom stereocenters. The SMILES string of the molecule is O=C(NCCNc1ccccc1[N+](=O)[O-])C1(O)CCCC1. The third-order valence-corrected chi connectivity index (χ3v) is 3.68. The van der Waals surface area contributed by atoms with Gasteiger partial charge in [0.2, 0.25) is 0 Å². The number of anilines is 1. The Kier molecular flexibility index (Phi) is 4.74. The predicted molar refractivity (Wildman–Crippen MR) is 78.0 cm³/mol. The van der Waals surface area contributed by atoms with E-state index in [-0.39, 0.29) is 11.6 Å². The van der Waals surface area contributed by atoms with E-state index < -0.39 is 10.5 Å². The van der Waals surface area contributed by atoms with Crippen molar-refractivity contribution < 1.29 is 14.8 Å². The molecule has 0 radical (unpaired) electrons. The second-order valence-electron chi connectivity index (χ2n) is 5.20. The van der Waals surface area contributed by atoms with Gasteiger partial charge in [0.05, 0.1) is 4.92 Å². The number of para-hydroxylation sites is 2. The lowest BCUT2D eigenvalue weighted by Crippen LogP contribution is -2.46. The fourth-order valence-electron chi connectivity index (χ4n) is 2.51. The Morgan fingerprint density at radius 3 is 2.62 bits per heavy atom. The van der Waals surface area contributed by atoms with Crippen LogP contribution in [0.25, 0.3) is 0 Å². The number of nitrogens with zero attached hydrogens (tertiary/aromatic N) is 1. The molecule has 1 amide bonds. The van der Waals surface area contributed by atoms with Crippen LogP contribution in [0.5, 0.6) is 0 Å². The second-order valence-corrected chi connectivity index (χ2v) is 5.20. The van der Waals surface area contributed by atoms with E-state index in [1.807, 2.05) is 0 Å². The van der Waals surface area contributed by atoms with Crippen molar-refractivity contribution in [1.82, 2.24) is 5.32 Å². The molecule has 114 valence electrons. The molecule has 0 saturated heterocycles. The molecule has 1 saturated carbocycles. The molecule has 1 aromatic carbocycles. The van der Waals surface area contributed by atoms with Crippen LogP contribution in [-0.2, 0) is 4.79 Å². The van der Waals surface area contributed by atoms with Gasteiger partial charge in [0.15, 0.2) is 0 Å². The van der Waals surface area contributed by atoms with Gasteiger partial charge in [-0.15, -0.1) is 0 Å². The summed E-state index contributed by atoms with van der Waals surface area (Å²) in [5.74, 6) is -0.357. The Hall–Kier alpha value is -2.15. The minimum absolute atomic E-state index is 0.00162. The highest BCUT2D eigenvalue weighted by Gasteiger charge is 2.38. The Balaban J connectivity index is 1.80. The van der Waals surface area contributed by atoms with Gasteiger partial charge in [-0.2, -0.15) is 0 Å². The molecule has 0 spiro atoms. The number of hydrogen-bond donors (Lipinski definition) is 3. The van der Waals surface area contributed by atoms with Crippen molar-refractivity contribution in [2.24, 2.45) is 0 Å². The van der Waals surface area contributed by atoms with Crippen molar-refractivity contribution in [2.75, 3.05) is 18.4 Å². The molecule has 1 aromatic rings. The lowest BCUT2D eigenvalue weighted by atomic mass is 10.0. The van der Waals surface area contributed by atoms with E-state index in [0.717, 1.165) is 12.8 Å². The molecule has 2 rings (SSSR count). The van der Waals surface area contributed by atoms with Gasteiger partial charge in [-0.3, -0.25) is 14.9 Å². The van der Waals surface area contributed by atoms with Crippen molar-refractivity contribution in [3.8, 4) is 0 Å². The number of aliphatic hydroxyl groups is 1. The third-order valence-electron chi connectivity index (χ3n) is 3.68. The third kappa shape index (κ3) is 3.69.